The molecule has 2 N–H and O–H groups in total. The molecule has 0 aromatic carbocycles. The highest BCUT2D eigenvalue weighted by molar-refractivity contribution is 6.29. The largest absolute Gasteiger partial charge is 0.476 e. The molecule has 0 fully saturated rings. The van der Waals surface area contributed by atoms with E-state index >= 15 is 0 Å². The van der Waals surface area contributed by atoms with Gasteiger partial charge >= 0.3 is 5.97 Å². The van der Waals surface area contributed by atoms with Crippen LogP contribution in [0, 0.1) is 6.92 Å². The van der Waals surface area contributed by atoms with Crippen LogP contribution < -0.4 is 5.32 Å². The second kappa shape index (κ2) is 6.05. The van der Waals surface area contributed by atoms with E-state index in [1.165, 1.54) is 6.07 Å². The lowest BCUT2D eigenvalue weighted by atomic mass is 10.1. The molecule has 0 saturated carbocycles. The first-order valence-electron chi connectivity index (χ1n) is 6.39. The Balaban J connectivity index is 2.42. The van der Waals surface area contributed by atoms with Gasteiger partial charge in [-0.1, -0.05) is 25.4 Å². The summed E-state index contributed by atoms with van der Waals surface area (Å²) in [5.74, 6) is -0.368. The van der Waals surface area contributed by atoms with Gasteiger partial charge in [-0.3, -0.25) is 0 Å². The standard InChI is InChI=1S/C14H15ClN4O2/c1-7(2)9-4-8(3)5-12(16-9)17-10-6-11(15)18-19-13(10)14(20)21/h4-7H,1-3H3,(H,20,21)(H,16,17,18). The lowest BCUT2D eigenvalue weighted by Gasteiger charge is -2.12. The van der Waals surface area contributed by atoms with Crippen molar-refractivity contribution < 1.29 is 9.90 Å². The van der Waals surface area contributed by atoms with Gasteiger partial charge in [0.15, 0.2) is 10.8 Å². The highest BCUT2D eigenvalue weighted by Crippen LogP contribution is 2.23. The van der Waals surface area contributed by atoms with Crippen LogP contribution in [0.15, 0.2) is 18.2 Å². The molecule has 6 nitrogen and oxygen atoms in total. The van der Waals surface area contributed by atoms with Crippen LogP contribution in [0.3, 0.4) is 0 Å². The van der Waals surface area contributed by atoms with Gasteiger partial charge in [0.1, 0.15) is 5.82 Å². The number of hydrogen-bond acceptors (Lipinski definition) is 5. The zero-order valence-corrected chi connectivity index (χ0v) is 12.6. The monoisotopic (exact) mass is 306 g/mol. The van der Waals surface area contributed by atoms with Crippen LogP contribution >= 0.6 is 11.6 Å². The smallest absolute Gasteiger partial charge is 0.358 e. The number of carboxylic acids is 1. The molecule has 21 heavy (non-hydrogen) atoms. The summed E-state index contributed by atoms with van der Waals surface area (Å²) < 4.78 is 0. The Bertz CT molecular complexity index is 689. The average Bonchev–Trinajstić information content (AvgIpc) is 2.37. The molecule has 2 heterocycles. The van der Waals surface area contributed by atoms with E-state index in [0.29, 0.717) is 5.82 Å². The van der Waals surface area contributed by atoms with Gasteiger partial charge in [-0.15, -0.1) is 10.2 Å². The molecule has 0 aliphatic rings. The molecule has 0 unspecified atom stereocenters. The van der Waals surface area contributed by atoms with Gasteiger partial charge in [0.05, 0.1) is 5.69 Å². The molecule has 2 aromatic rings. The van der Waals surface area contributed by atoms with Crippen molar-refractivity contribution in [2.24, 2.45) is 0 Å². The second-order valence-electron chi connectivity index (χ2n) is 4.97. The minimum atomic E-state index is -1.18. The van der Waals surface area contributed by atoms with Crippen LogP contribution in [0.1, 0.15) is 41.5 Å². The Hall–Kier alpha value is -2.21. The van der Waals surface area contributed by atoms with Gasteiger partial charge in [0.2, 0.25) is 0 Å². The zero-order valence-electron chi connectivity index (χ0n) is 11.9. The van der Waals surface area contributed by atoms with Crippen molar-refractivity contribution in [1.82, 2.24) is 15.2 Å². The number of carbonyl (C=O) groups is 1. The van der Waals surface area contributed by atoms with Crippen LogP contribution in [-0.4, -0.2) is 26.3 Å². The number of anilines is 2. The summed E-state index contributed by atoms with van der Waals surface area (Å²) in [6.45, 7) is 6.03. The van der Waals surface area contributed by atoms with Crippen LogP contribution in [0.2, 0.25) is 5.15 Å². The van der Waals surface area contributed by atoms with E-state index in [4.69, 9.17) is 16.7 Å². The molecule has 0 aliphatic heterocycles. The van der Waals surface area contributed by atoms with Gasteiger partial charge < -0.3 is 10.4 Å². The van der Waals surface area contributed by atoms with Crippen molar-refractivity contribution in [3.05, 3.63) is 40.3 Å². The van der Waals surface area contributed by atoms with Crippen molar-refractivity contribution in [3.8, 4) is 0 Å². The number of halogens is 1. The lowest BCUT2D eigenvalue weighted by Crippen LogP contribution is -2.08. The maximum absolute atomic E-state index is 11.2. The summed E-state index contributed by atoms with van der Waals surface area (Å²) in [5, 5.41) is 19.3. The molecule has 0 radical (unpaired) electrons. The van der Waals surface area contributed by atoms with Crippen LogP contribution in [0.5, 0.6) is 0 Å². The Kier molecular flexibility index (Phi) is 4.37. The first-order valence-corrected chi connectivity index (χ1v) is 6.76. The Morgan fingerprint density at radius 2 is 2.00 bits per heavy atom. The van der Waals surface area contributed by atoms with Crippen molar-refractivity contribution in [1.29, 1.82) is 0 Å². The summed E-state index contributed by atoms with van der Waals surface area (Å²) in [6, 6.07) is 5.23. The summed E-state index contributed by atoms with van der Waals surface area (Å²) >= 11 is 5.77. The van der Waals surface area contributed by atoms with E-state index < -0.39 is 5.97 Å². The molecule has 7 heteroatoms. The summed E-state index contributed by atoms with van der Waals surface area (Å²) in [4.78, 5) is 15.6. The summed E-state index contributed by atoms with van der Waals surface area (Å²) in [6.07, 6.45) is 0. The topological polar surface area (TPSA) is 88.0 Å². The molecular weight excluding hydrogens is 292 g/mol. The highest BCUT2D eigenvalue weighted by atomic mass is 35.5. The quantitative estimate of drug-likeness (QED) is 0.900. The van der Waals surface area contributed by atoms with Gasteiger partial charge in [0.25, 0.3) is 0 Å². The average molecular weight is 307 g/mol. The number of carboxylic acid groups (broad SMARTS) is 1. The fourth-order valence-corrected chi connectivity index (χ4v) is 1.96. The van der Waals surface area contributed by atoms with Crippen molar-refractivity contribution >= 4 is 29.1 Å². The van der Waals surface area contributed by atoms with Crippen molar-refractivity contribution in [3.63, 3.8) is 0 Å². The van der Waals surface area contributed by atoms with Gasteiger partial charge in [-0.25, -0.2) is 9.78 Å². The molecule has 0 atom stereocenters. The van der Waals surface area contributed by atoms with Crippen LogP contribution in [-0.2, 0) is 0 Å². The molecule has 0 amide bonds. The molecule has 0 spiro atoms. The Labute approximate surface area is 127 Å². The molecule has 2 rings (SSSR count). The molecule has 110 valence electrons. The third-order valence-electron chi connectivity index (χ3n) is 2.81. The second-order valence-corrected chi connectivity index (χ2v) is 5.36. The molecular formula is C14H15ClN4O2. The van der Waals surface area contributed by atoms with Gasteiger partial charge in [-0.2, -0.15) is 0 Å². The number of aromatic carboxylic acids is 1. The van der Waals surface area contributed by atoms with E-state index in [2.05, 4.69) is 20.5 Å². The number of pyridine rings is 1. The lowest BCUT2D eigenvalue weighted by molar-refractivity contribution is 0.0690. The number of nitrogens with zero attached hydrogens (tertiary/aromatic N) is 3. The van der Waals surface area contributed by atoms with E-state index in [-0.39, 0.29) is 22.5 Å². The maximum Gasteiger partial charge on any atom is 0.358 e. The van der Waals surface area contributed by atoms with E-state index in [1.807, 2.05) is 32.9 Å². The molecule has 0 bridgehead atoms. The number of rotatable bonds is 4. The van der Waals surface area contributed by atoms with E-state index in [0.717, 1.165) is 11.3 Å². The predicted molar refractivity (Wildman–Crippen MR) is 80.3 cm³/mol. The first-order chi connectivity index (χ1) is 9.86. The third-order valence-corrected chi connectivity index (χ3v) is 3.00. The van der Waals surface area contributed by atoms with E-state index in [1.54, 1.807) is 0 Å². The van der Waals surface area contributed by atoms with E-state index in [9.17, 15) is 4.79 Å². The van der Waals surface area contributed by atoms with Crippen LogP contribution in [0.4, 0.5) is 11.5 Å². The Morgan fingerprint density at radius 1 is 1.29 bits per heavy atom. The highest BCUT2D eigenvalue weighted by Gasteiger charge is 2.15. The first kappa shape index (κ1) is 15.2. The maximum atomic E-state index is 11.2. The molecule has 0 aliphatic carbocycles. The zero-order chi connectivity index (χ0) is 15.6. The number of aromatic nitrogens is 3. The summed E-state index contributed by atoms with van der Waals surface area (Å²) in [5.41, 5.74) is 2.01. The van der Waals surface area contributed by atoms with Gasteiger partial charge in [-0.05, 0) is 30.5 Å². The molecule has 0 saturated heterocycles. The Morgan fingerprint density at radius 3 is 2.62 bits per heavy atom. The SMILES string of the molecule is Cc1cc(Nc2cc(Cl)nnc2C(=O)O)nc(C(C)C)c1. The molecule has 2 aromatic heterocycles. The predicted octanol–water partition coefficient (Wildman–Crippen LogP) is 3.40. The van der Waals surface area contributed by atoms with Crippen molar-refractivity contribution in [2.75, 3.05) is 5.32 Å². The fourth-order valence-electron chi connectivity index (χ4n) is 1.81. The van der Waals surface area contributed by atoms with Gasteiger partial charge in [0, 0.05) is 11.8 Å². The normalized spacial score (nSPS) is 10.7. The minimum absolute atomic E-state index is 0.110. The third kappa shape index (κ3) is 3.66. The van der Waals surface area contributed by atoms with Crippen LogP contribution in [0.25, 0.3) is 0 Å². The number of nitrogens with one attached hydrogen (secondary N) is 1. The number of hydrogen-bond donors (Lipinski definition) is 2. The van der Waals surface area contributed by atoms with Crippen molar-refractivity contribution in [2.45, 2.75) is 26.7 Å². The fraction of sp³-hybridized carbons (Fsp3) is 0.286. The minimum Gasteiger partial charge on any atom is -0.476 e. The number of aryl methyl sites for hydroxylation is 1. The summed E-state index contributed by atoms with van der Waals surface area (Å²) in [7, 11) is 0.